The topological polar surface area (TPSA) is 111 Å². The number of benzene rings is 2. The van der Waals surface area contributed by atoms with Crippen LogP contribution in [0.1, 0.15) is 43.2 Å². The molecule has 0 saturated carbocycles. The van der Waals surface area contributed by atoms with Crippen molar-refractivity contribution in [3.8, 4) is 28.7 Å². The number of amides is 1. The first-order chi connectivity index (χ1) is 21.9. The second-order valence-electron chi connectivity index (χ2n) is 11.7. The number of carboxylic acid groups (broad SMARTS) is 1. The number of aliphatic carboxylic acids is 1. The Morgan fingerprint density at radius 2 is 1.87 bits per heavy atom. The molecular weight excluding hydrogens is 578 g/mol. The summed E-state index contributed by atoms with van der Waals surface area (Å²) in [5.41, 5.74) is 2.55. The molecule has 0 bridgehead atoms. The van der Waals surface area contributed by atoms with Crippen molar-refractivity contribution in [1.82, 2.24) is 4.90 Å². The number of carbonyl (C=O) groups excluding carboxylic acids is 1. The Kier molecular flexibility index (Phi) is 8.97. The minimum Gasteiger partial charge on any atom is -0.493 e. The van der Waals surface area contributed by atoms with Crippen molar-refractivity contribution in [3.63, 3.8) is 0 Å². The van der Waals surface area contributed by atoms with Gasteiger partial charge in [0.15, 0.2) is 35.4 Å². The van der Waals surface area contributed by atoms with Crippen LogP contribution in [-0.2, 0) is 23.1 Å². The molecule has 11 heteroatoms. The number of hydrogen-bond acceptors (Lipinski definition) is 8. The molecule has 0 aliphatic carbocycles. The number of carbonyl (C=O) groups is 2. The van der Waals surface area contributed by atoms with Crippen molar-refractivity contribution in [2.45, 2.75) is 44.6 Å². The van der Waals surface area contributed by atoms with E-state index >= 15 is 0 Å². The van der Waals surface area contributed by atoms with Crippen LogP contribution < -0.4 is 33.2 Å². The summed E-state index contributed by atoms with van der Waals surface area (Å²) >= 11 is 0. The molecule has 3 aliphatic rings. The van der Waals surface area contributed by atoms with Gasteiger partial charge in [-0.2, -0.15) is 0 Å². The van der Waals surface area contributed by atoms with Gasteiger partial charge in [0.2, 0.25) is 25.2 Å². The molecular formula is C34H40N3O8+. The van der Waals surface area contributed by atoms with Crippen LogP contribution in [0.15, 0.2) is 54.9 Å². The van der Waals surface area contributed by atoms with Gasteiger partial charge in [-0.15, -0.1) is 0 Å². The highest BCUT2D eigenvalue weighted by atomic mass is 16.7. The number of aryl methyl sites for hydroxylation is 2. The molecule has 1 aromatic heterocycles. The third kappa shape index (κ3) is 6.22. The molecule has 4 heterocycles. The highest BCUT2D eigenvalue weighted by molar-refractivity contribution is 5.94. The Labute approximate surface area is 262 Å². The van der Waals surface area contributed by atoms with E-state index in [1.54, 1.807) is 7.11 Å². The number of unbranched alkanes of at least 4 members (excludes halogenated alkanes) is 1. The summed E-state index contributed by atoms with van der Waals surface area (Å²) in [6, 6.07) is 12.9. The maximum Gasteiger partial charge on any atom is 0.308 e. The van der Waals surface area contributed by atoms with Gasteiger partial charge in [-0.3, -0.25) is 14.5 Å². The molecule has 45 heavy (non-hydrogen) atoms. The van der Waals surface area contributed by atoms with Gasteiger partial charge >= 0.3 is 5.97 Å². The third-order valence-corrected chi connectivity index (χ3v) is 8.94. The van der Waals surface area contributed by atoms with E-state index in [9.17, 15) is 14.7 Å². The van der Waals surface area contributed by atoms with Crippen LogP contribution >= 0.6 is 0 Å². The Bertz CT molecular complexity index is 1560. The van der Waals surface area contributed by atoms with E-state index in [1.807, 2.05) is 76.3 Å². The largest absolute Gasteiger partial charge is 0.493 e. The van der Waals surface area contributed by atoms with E-state index in [4.69, 9.17) is 23.7 Å². The summed E-state index contributed by atoms with van der Waals surface area (Å²) in [4.78, 5) is 31.1. The summed E-state index contributed by atoms with van der Waals surface area (Å²) in [6.07, 6.45) is 6.74. The van der Waals surface area contributed by atoms with Crippen LogP contribution in [0.5, 0.6) is 28.7 Å². The second-order valence-corrected chi connectivity index (χ2v) is 11.7. The molecule has 11 nitrogen and oxygen atoms in total. The number of ether oxygens (including phenoxy) is 5. The highest BCUT2D eigenvalue weighted by Gasteiger charge is 2.47. The molecule has 3 aromatic rings. The molecule has 3 aliphatic heterocycles. The van der Waals surface area contributed by atoms with E-state index in [0.717, 1.165) is 29.7 Å². The number of fused-ring (bicyclic) bond motifs is 2. The quantitative estimate of drug-likeness (QED) is 0.302. The number of aromatic nitrogens is 1. The Hall–Kier alpha value is -4.51. The summed E-state index contributed by atoms with van der Waals surface area (Å²) in [7, 11) is 3.48. The lowest BCUT2D eigenvalue weighted by molar-refractivity contribution is -0.670. The van der Waals surface area contributed by atoms with Crippen LogP contribution in [-0.4, -0.2) is 68.3 Å². The molecule has 0 radical (unpaired) electrons. The van der Waals surface area contributed by atoms with E-state index < -0.39 is 23.8 Å². The maximum absolute atomic E-state index is 14.1. The van der Waals surface area contributed by atoms with Crippen molar-refractivity contribution < 1.29 is 42.9 Å². The monoisotopic (exact) mass is 618 g/mol. The highest BCUT2D eigenvalue weighted by Crippen LogP contribution is 2.47. The number of pyridine rings is 1. The number of rotatable bonds is 12. The lowest BCUT2D eigenvalue weighted by Gasteiger charge is -2.29. The maximum atomic E-state index is 14.1. The first-order valence-corrected chi connectivity index (χ1v) is 15.5. The van der Waals surface area contributed by atoms with E-state index in [2.05, 4.69) is 6.92 Å². The molecule has 6 rings (SSSR count). The summed E-state index contributed by atoms with van der Waals surface area (Å²) in [5.74, 6) is 0.751. The molecule has 0 unspecified atom stereocenters. The number of likely N-dealkylation sites (tertiary alicyclic amines) is 1. The minimum atomic E-state index is -0.910. The standard InChI is InChI=1S/C34H39N3O8/c1-4-5-14-37(24-9-7-13-35(2)17-24)30(38)19-36-18-25(23-15-28(41-3)33-29(16-23)43-21-45-33)31(34(39)40)26(36)12-11-22-8-6-10-27-32(22)44-20-42-27/h6-10,13,15-17,25-26,31H,4-5,11-12,14,18-21H2,1-3H3/p+1/t25-,26+,31-/m1/s1. The van der Waals surface area contributed by atoms with Crippen molar-refractivity contribution in [2.24, 2.45) is 13.0 Å². The second kappa shape index (κ2) is 13.2. The average Bonchev–Trinajstić information content (AvgIpc) is 3.78. The predicted octanol–water partition coefficient (Wildman–Crippen LogP) is 3.91. The van der Waals surface area contributed by atoms with Gasteiger partial charge in [0, 0.05) is 31.1 Å². The lowest BCUT2D eigenvalue weighted by Crippen LogP contribution is -2.45. The number of carboxylic acids is 1. The molecule has 2 aromatic carbocycles. The normalized spacial score (nSPS) is 19.9. The zero-order valence-electron chi connectivity index (χ0n) is 25.9. The first-order valence-electron chi connectivity index (χ1n) is 15.5. The van der Waals surface area contributed by atoms with Crippen molar-refractivity contribution >= 4 is 17.6 Å². The first kappa shape index (κ1) is 30.5. The summed E-state index contributed by atoms with van der Waals surface area (Å²) in [6.45, 7) is 3.38. The SMILES string of the molecule is CCCCN(C(=O)CN1C[C@H](c2cc(OC)c3c(c2)OCO3)[C@@H](C(=O)O)[C@@H]1CCc1cccc2c1OCO2)c1ccc[n+](C)c1. The molecule has 238 valence electrons. The van der Waals surface area contributed by atoms with E-state index in [-0.39, 0.29) is 26.0 Å². The summed E-state index contributed by atoms with van der Waals surface area (Å²) < 4.78 is 30.1. The number of anilines is 1. The number of hydrogen-bond donors (Lipinski definition) is 1. The predicted molar refractivity (Wildman–Crippen MR) is 164 cm³/mol. The molecule has 3 atom stereocenters. The number of nitrogens with zero attached hydrogens (tertiary/aromatic N) is 3. The summed E-state index contributed by atoms with van der Waals surface area (Å²) in [5, 5.41) is 10.7. The minimum absolute atomic E-state index is 0.0648. The fraction of sp³-hybridized carbons (Fsp3) is 0.441. The molecule has 1 N–H and O–H groups in total. The lowest BCUT2D eigenvalue weighted by atomic mass is 9.83. The van der Waals surface area contributed by atoms with Crippen molar-refractivity contribution in [2.75, 3.05) is 45.2 Å². The van der Waals surface area contributed by atoms with Gasteiger partial charge in [0.1, 0.15) is 12.7 Å². The van der Waals surface area contributed by atoms with Crippen LogP contribution in [0.2, 0.25) is 0 Å². The van der Waals surface area contributed by atoms with Crippen LogP contribution in [0, 0.1) is 5.92 Å². The molecule has 1 fully saturated rings. The van der Waals surface area contributed by atoms with Gasteiger partial charge < -0.3 is 33.7 Å². The Morgan fingerprint density at radius 1 is 1.07 bits per heavy atom. The fourth-order valence-electron chi connectivity index (χ4n) is 6.75. The van der Waals surface area contributed by atoms with Crippen molar-refractivity contribution in [3.05, 3.63) is 66.0 Å². The zero-order valence-corrected chi connectivity index (χ0v) is 25.9. The van der Waals surface area contributed by atoms with Crippen LogP contribution in [0.3, 0.4) is 0 Å². The Morgan fingerprint density at radius 3 is 2.62 bits per heavy atom. The van der Waals surface area contributed by atoms with Gasteiger partial charge in [-0.25, -0.2) is 4.57 Å². The van der Waals surface area contributed by atoms with Gasteiger partial charge in [-0.05, 0) is 54.7 Å². The van der Waals surface area contributed by atoms with Crippen LogP contribution in [0.4, 0.5) is 5.69 Å². The molecule has 1 saturated heterocycles. The number of methoxy groups -OCH3 is 1. The fourth-order valence-corrected chi connectivity index (χ4v) is 6.75. The van der Waals surface area contributed by atoms with Gasteiger partial charge in [-0.1, -0.05) is 25.5 Å². The van der Waals surface area contributed by atoms with Gasteiger partial charge in [0.05, 0.1) is 19.6 Å². The average molecular weight is 619 g/mol. The van der Waals surface area contributed by atoms with E-state index in [1.165, 1.54) is 0 Å². The molecule has 1 amide bonds. The molecule has 0 spiro atoms. The Balaban J connectivity index is 1.33. The van der Waals surface area contributed by atoms with Crippen molar-refractivity contribution in [1.29, 1.82) is 0 Å². The zero-order chi connectivity index (χ0) is 31.5. The smallest absolute Gasteiger partial charge is 0.308 e. The number of para-hydroxylation sites is 1. The van der Waals surface area contributed by atoms with Crippen LogP contribution in [0.25, 0.3) is 0 Å². The van der Waals surface area contributed by atoms with E-state index in [0.29, 0.717) is 54.7 Å². The van der Waals surface area contributed by atoms with Gasteiger partial charge in [0.25, 0.3) is 0 Å². The third-order valence-electron chi connectivity index (χ3n) is 8.94.